The second kappa shape index (κ2) is 6.80. The molecule has 126 valence electrons. The first-order chi connectivity index (χ1) is 11.8. The van der Waals surface area contributed by atoms with Crippen molar-refractivity contribution in [3.8, 4) is 0 Å². The number of carbonyl (C=O) groups is 1. The lowest BCUT2D eigenvalue weighted by atomic mass is 9.86. The molecule has 1 heterocycles. The molecule has 0 spiro atoms. The summed E-state index contributed by atoms with van der Waals surface area (Å²) in [6, 6.07) is 8.31. The molecule has 4 rings (SSSR count). The minimum absolute atomic E-state index is 0.213. The second-order valence-corrected chi connectivity index (χ2v) is 7.42. The van der Waals surface area contributed by atoms with Gasteiger partial charge in [-0.3, -0.25) is 4.79 Å². The van der Waals surface area contributed by atoms with Crippen molar-refractivity contribution in [3.63, 3.8) is 0 Å². The van der Waals surface area contributed by atoms with Gasteiger partial charge in [-0.15, -0.1) is 0 Å². The van der Waals surface area contributed by atoms with Gasteiger partial charge in [-0.1, -0.05) is 30.7 Å². The highest BCUT2D eigenvalue weighted by Gasteiger charge is 2.39. The quantitative estimate of drug-likeness (QED) is 0.886. The molecule has 1 amide bonds. The van der Waals surface area contributed by atoms with Gasteiger partial charge in [0.15, 0.2) is 0 Å². The Labute approximate surface area is 143 Å². The number of rotatable bonds is 6. The minimum Gasteiger partial charge on any atom is -0.352 e. The number of carbonyl (C=O) groups excluding carboxylic acids is 1. The van der Waals surface area contributed by atoms with Gasteiger partial charge in [-0.05, 0) is 48.1 Å². The number of aromatic nitrogens is 2. The molecule has 0 saturated heterocycles. The van der Waals surface area contributed by atoms with Crippen LogP contribution in [0.3, 0.4) is 0 Å². The van der Waals surface area contributed by atoms with Gasteiger partial charge in [0.25, 0.3) is 0 Å². The third-order valence-corrected chi connectivity index (χ3v) is 5.84. The molecule has 1 aromatic carbocycles. The van der Waals surface area contributed by atoms with Gasteiger partial charge in [0, 0.05) is 31.9 Å². The highest BCUT2D eigenvalue weighted by molar-refractivity contribution is 5.76. The summed E-state index contributed by atoms with van der Waals surface area (Å²) in [5.74, 6) is 2.56. The van der Waals surface area contributed by atoms with Gasteiger partial charge in [0.1, 0.15) is 0 Å². The Morgan fingerprint density at radius 2 is 2.08 bits per heavy atom. The van der Waals surface area contributed by atoms with Crippen molar-refractivity contribution in [2.24, 2.45) is 17.8 Å². The highest BCUT2D eigenvalue weighted by atomic mass is 16.1. The summed E-state index contributed by atoms with van der Waals surface area (Å²) in [7, 11) is 0. The summed E-state index contributed by atoms with van der Waals surface area (Å²) in [6.45, 7) is 1.41. The van der Waals surface area contributed by atoms with E-state index in [1.54, 1.807) is 6.20 Å². The average molecular weight is 323 g/mol. The van der Waals surface area contributed by atoms with E-state index in [1.807, 2.05) is 24.7 Å². The molecule has 2 bridgehead atoms. The number of amides is 1. The first-order valence-corrected chi connectivity index (χ1v) is 9.07. The van der Waals surface area contributed by atoms with Gasteiger partial charge < -0.3 is 9.88 Å². The third kappa shape index (κ3) is 3.37. The largest absolute Gasteiger partial charge is 0.352 e. The lowest BCUT2D eigenvalue weighted by Gasteiger charge is -2.21. The van der Waals surface area contributed by atoms with Crippen LogP contribution in [0.1, 0.15) is 43.2 Å². The molecule has 2 aliphatic rings. The van der Waals surface area contributed by atoms with Crippen LogP contribution in [0, 0.1) is 17.8 Å². The van der Waals surface area contributed by atoms with Gasteiger partial charge in [-0.2, -0.15) is 0 Å². The van der Waals surface area contributed by atoms with Crippen LogP contribution in [0.5, 0.6) is 0 Å². The molecular weight excluding hydrogens is 298 g/mol. The van der Waals surface area contributed by atoms with Crippen LogP contribution in [0.15, 0.2) is 43.0 Å². The van der Waals surface area contributed by atoms with Crippen molar-refractivity contribution in [1.82, 2.24) is 14.9 Å². The van der Waals surface area contributed by atoms with Crippen LogP contribution >= 0.6 is 0 Å². The molecule has 2 aliphatic carbocycles. The molecule has 0 radical (unpaired) electrons. The van der Waals surface area contributed by atoms with E-state index in [-0.39, 0.29) is 5.91 Å². The number of nitrogens with one attached hydrogen (secondary N) is 1. The molecule has 4 heteroatoms. The van der Waals surface area contributed by atoms with Gasteiger partial charge in [0.2, 0.25) is 5.91 Å². The van der Waals surface area contributed by atoms with Crippen LogP contribution in [-0.2, 0) is 17.9 Å². The number of fused-ring (bicyclic) bond motifs is 2. The Balaban J connectivity index is 1.33. The van der Waals surface area contributed by atoms with Crippen LogP contribution in [0.25, 0.3) is 0 Å². The van der Waals surface area contributed by atoms with E-state index >= 15 is 0 Å². The fraction of sp³-hybridized carbons (Fsp3) is 0.500. The van der Waals surface area contributed by atoms with E-state index in [2.05, 4.69) is 27.0 Å². The van der Waals surface area contributed by atoms with Crippen molar-refractivity contribution in [3.05, 3.63) is 54.1 Å². The molecule has 0 aliphatic heterocycles. The smallest absolute Gasteiger partial charge is 0.220 e. The Morgan fingerprint density at radius 1 is 1.21 bits per heavy atom. The standard InChI is InChI=1S/C20H25N3O/c24-20(11-19-10-15-5-6-16(19)9-15)22-12-17-3-1-2-4-18(17)13-23-8-7-21-14-23/h1-4,7-8,14-16,19H,5-6,9-13H2,(H,22,24)/t15-,16-,19+/m0/s1. The van der Waals surface area contributed by atoms with Crippen molar-refractivity contribution in [1.29, 1.82) is 0 Å². The zero-order chi connectivity index (χ0) is 16.4. The topological polar surface area (TPSA) is 46.9 Å². The molecule has 0 unspecified atom stereocenters. The molecule has 2 aromatic rings. The predicted molar refractivity (Wildman–Crippen MR) is 93.2 cm³/mol. The van der Waals surface area contributed by atoms with Crippen molar-refractivity contribution in [2.75, 3.05) is 0 Å². The number of benzene rings is 1. The first kappa shape index (κ1) is 15.4. The predicted octanol–water partition coefficient (Wildman–Crippen LogP) is 3.37. The molecule has 2 saturated carbocycles. The number of imidazole rings is 1. The van der Waals surface area contributed by atoms with Crippen molar-refractivity contribution < 1.29 is 4.79 Å². The molecule has 1 aromatic heterocycles. The Morgan fingerprint density at radius 3 is 2.79 bits per heavy atom. The summed E-state index contributed by atoms with van der Waals surface area (Å²) in [4.78, 5) is 16.4. The Kier molecular flexibility index (Phi) is 4.37. The van der Waals surface area contributed by atoms with E-state index in [4.69, 9.17) is 0 Å². The van der Waals surface area contributed by atoms with E-state index in [0.717, 1.165) is 18.4 Å². The van der Waals surface area contributed by atoms with Crippen LogP contribution in [-0.4, -0.2) is 15.5 Å². The SMILES string of the molecule is O=C(C[C@H]1C[C@H]2CC[C@H]1C2)NCc1ccccc1Cn1ccnc1. The summed E-state index contributed by atoms with van der Waals surface area (Å²) < 4.78 is 2.05. The number of hydrogen-bond acceptors (Lipinski definition) is 2. The monoisotopic (exact) mass is 323 g/mol. The first-order valence-electron chi connectivity index (χ1n) is 9.07. The zero-order valence-corrected chi connectivity index (χ0v) is 14.0. The average Bonchev–Trinajstić information content (AvgIpc) is 3.32. The van der Waals surface area contributed by atoms with Crippen molar-refractivity contribution >= 4 is 5.91 Å². The summed E-state index contributed by atoms with van der Waals surface area (Å²) in [5.41, 5.74) is 2.42. The summed E-state index contributed by atoms with van der Waals surface area (Å²) >= 11 is 0. The highest BCUT2D eigenvalue weighted by Crippen LogP contribution is 2.49. The fourth-order valence-corrected chi connectivity index (χ4v) is 4.59. The van der Waals surface area contributed by atoms with Crippen LogP contribution < -0.4 is 5.32 Å². The lowest BCUT2D eigenvalue weighted by Crippen LogP contribution is -2.27. The Bertz CT molecular complexity index is 695. The maximum absolute atomic E-state index is 12.4. The van der Waals surface area contributed by atoms with Crippen molar-refractivity contribution in [2.45, 2.75) is 45.2 Å². The Hall–Kier alpha value is -2.10. The molecular formula is C20H25N3O. The summed E-state index contributed by atoms with van der Waals surface area (Å²) in [6.07, 6.45) is 11.7. The fourth-order valence-electron chi connectivity index (χ4n) is 4.59. The van der Waals surface area contributed by atoms with E-state index in [0.29, 0.717) is 18.9 Å². The lowest BCUT2D eigenvalue weighted by molar-refractivity contribution is -0.122. The van der Waals surface area contributed by atoms with Crippen LogP contribution in [0.2, 0.25) is 0 Å². The van der Waals surface area contributed by atoms with E-state index < -0.39 is 0 Å². The van der Waals surface area contributed by atoms with Gasteiger partial charge in [0.05, 0.1) is 6.33 Å². The number of hydrogen-bond donors (Lipinski definition) is 1. The van der Waals surface area contributed by atoms with Gasteiger partial charge in [-0.25, -0.2) is 4.98 Å². The summed E-state index contributed by atoms with van der Waals surface area (Å²) in [5, 5.41) is 3.14. The molecule has 24 heavy (non-hydrogen) atoms. The van der Waals surface area contributed by atoms with Crippen LogP contribution in [0.4, 0.5) is 0 Å². The van der Waals surface area contributed by atoms with E-state index in [1.165, 1.54) is 36.8 Å². The van der Waals surface area contributed by atoms with E-state index in [9.17, 15) is 4.79 Å². The number of nitrogens with zero attached hydrogens (tertiary/aromatic N) is 2. The molecule has 4 nitrogen and oxygen atoms in total. The minimum atomic E-state index is 0.213. The zero-order valence-electron chi connectivity index (χ0n) is 14.0. The van der Waals surface area contributed by atoms with Gasteiger partial charge >= 0.3 is 0 Å². The second-order valence-electron chi connectivity index (χ2n) is 7.42. The maximum Gasteiger partial charge on any atom is 0.220 e. The maximum atomic E-state index is 12.4. The normalized spacial score (nSPS) is 25.1. The third-order valence-electron chi connectivity index (χ3n) is 5.84. The molecule has 3 atom stereocenters. The molecule has 1 N–H and O–H groups in total. The molecule has 2 fully saturated rings.